The molecule has 0 radical (unpaired) electrons. The zero-order valence-corrected chi connectivity index (χ0v) is 15.9. The molecule has 2 N–H and O–H groups in total. The van der Waals surface area contributed by atoms with E-state index in [0.717, 1.165) is 12.8 Å². The Hall–Kier alpha value is -2.09. The normalized spacial score (nSPS) is 14.1. The number of amides is 1. The molecule has 0 aromatic heterocycles. The van der Waals surface area contributed by atoms with Gasteiger partial charge in [-0.2, -0.15) is 0 Å². The number of carbonyl (C=O) groups is 1. The standard InChI is InChI=1S/C18H19ClN2O4S/c1-11-3-7-14(26(23,24)21-12-4-5-12)10-15(11)18(22)20-17-8-6-13(25-2)9-16(17)19/h3,6-10,12,21H,4-5H2,1-2H3,(H,20,22). The van der Waals surface area contributed by atoms with E-state index in [1.54, 1.807) is 31.2 Å². The molecule has 138 valence electrons. The van der Waals surface area contributed by atoms with Gasteiger partial charge in [0, 0.05) is 17.7 Å². The van der Waals surface area contributed by atoms with Crippen molar-refractivity contribution in [3.63, 3.8) is 0 Å². The van der Waals surface area contributed by atoms with Crippen LogP contribution in [0.1, 0.15) is 28.8 Å². The van der Waals surface area contributed by atoms with E-state index in [0.29, 0.717) is 22.0 Å². The molecule has 0 heterocycles. The number of nitrogens with one attached hydrogen (secondary N) is 2. The first-order chi connectivity index (χ1) is 12.3. The second-order valence-corrected chi connectivity index (χ2v) is 8.29. The van der Waals surface area contributed by atoms with Gasteiger partial charge in [0.25, 0.3) is 5.91 Å². The van der Waals surface area contributed by atoms with E-state index in [4.69, 9.17) is 16.3 Å². The molecule has 0 bridgehead atoms. The number of halogens is 1. The van der Waals surface area contributed by atoms with Crippen molar-refractivity contribution in [2.24, 2.45) is 0 Å². The third kappa shape index (κ3) is 4.17. The van der Waals surface area contributed by atoms with E-state index in [1.165, 1.54) is 19.2 Å². The average Bonchev–Trinajstić information content (AvgIpc) is 3.40. The van der Waals surface area contributed by atoms with Gasteiger partial charge in [0.15, 0.2) is 0 Å². The number of rotatable bonds is 6. The second-order valence-electron chi connectivity index (χ2n) is 6.17. The van der Waals surface area contributed by atoms with Crippen molar-refractivity contribution < 1.29 is 17.9 Å². The monoisotopic (exact) mass is 394 g/mol. The minimum Gasteiger partial charge on any atom is -0.497 e. The summed E-state index contributed by atoms with van der Waals surface area (Å²) in [6.07, 6.45) is 1.68. The first kappa shape index (κ1) is 18.7. The van der Waals surface area contributed by atoms with Crippen LogP contribution in [0.3, 0.4) is 0 Å². The van der Waals surface area contributed by atoms with Crippen molar-refractivity contribution >= 4 is 33.2 Å². The third-order valence-corrected chi connectivity index (χ3v) is 5.92. The molecule has 8 heteroatoms. The molecule has 1 saturated carbocycles. The number of benzene rings is 2. The highest BCUT2D eigenvalue weighted by molar-refractivity contribution is 7.89. The highest BCUT2D eigenvalue weighted by Crippen LogP contribution is 2.28. The van der Waals surface area contributed by atoms with Gasteiger partial charge in [-0.25, -0.2) is 13.1 Å². The van der Waals surface area contributed by atoms with Crippen LogP contribution in [0.4, 0.5) is 5.69 Å². The van der Waals surface area contributed by atoms with Crippen molar-refractivity contribution in [3.8, 4) is 5.75 Å². The zero-order valence-electron chi connectivity index (χ0n) is 14.4. The van der Waals surface area contributed by atoms with Crippen molar-refractivity contribution in [1.82, 2.24) is 4.72 Å². The van der Waals surface area contributed by atoms with Gasteiger partial charge in [-0.05, 0) is 49.6 Å². The fraction of sp³-hybridized carbons (Fsp3) is 0.278. The Bertz CT molecular complexity index is 956. The summed E-state index contributed by atoms with van der Waals surface area (Å²) in [6.45, 7) is 1.75. The predicted molar refractivity (Wildman–Crippen MR) is 100 cm³/mol. The van der Waals surface area contributed by atoms with E-state index in [9.17, 15) is 13.2 Å². The molecule has 2 aromatic carbocycles. The minimum atomic E-state index is -3.63. The summed E-state index contributed by atoms with van der Waals surface area (Å²) >= 11 is 6.15. The van der Waals surface area contributed by atoms with Crippen molar-refractivity contribution in [2.45, 2.75) is 30.7 Å². The first-order valence-electron chi connectivity index (χ1n) is 8.08. The van der Waals surface area contributed by atoms with Crippen molar-refractivity contribution in [3.05, 3.63) is 52.5 Å². The topological polar surface area (TPSA) is 84.5 Å². The Morgan fingerprint density at radius 2 is 1.92 bits per heavy atom. The number of hydrogen-bond acceptors (Lipinski definition) is 4. The van der Waals surface area contributed by atoms with Crippen LogP contribution in [0.15, 0.2) is 41.3 Å². The molecular formula is C18H19ClN2O4S. The van der Waals surface area contributed by atoms with Crippen LogP contribution in [-0.4, -0.2) is 27.5 Å². The molecule has 6 nitrogen and oxygen atoms in total. The maximum Gasteiger partial charge on any atom is 0.256 e. The Labute approximate surface area is 157 Å². The molecule has 26 heavy (non-hydrogen) atoms. The van der Waals surface area contributed by atoms with Gasteiger partial charge in [0.1, 0.15) is 5.75 Å². The molecule has 1 aliphatic rings. The summed E-state index contributed by atoms with van der Waals surface area (Å²) in [4.78, 5) is 12.7. The minimum absolute atomic E-state index is 0.00307. The van der Waals surface area contributed by atoms with Gasteiger partial charge >= 0.3 is 0 Å². The number of methoxy groups -OCH3 is 1. The summed E-state index contributed by atoms with van der Waals surface area (Å²) in [5.41, 5.74) is 1.36. The summed E-state index contributed by atoms with van der Waals surface area (Å²) in [7, 11) is -2.11. The Kier molecular flexibility index (Phi) is 5.22. The van der Waals surface area contributed by atoms with Crippen LogP contribution in [0.2, 0.25) is 5.02 Å². The van der Waals surface area contributed by atoms with E-state index in [1.807, 2.05) is 0 Å². The predicted octanol–water partition coefficient (Wildman–Crippen LogP) is 3.35. The molecule has 2 aromatic rings. The highest BCUT2D eigenvalue weighted by atomic mass is 35.5. The fourth-order valence-electron chi connectivity index (χ4n) is 2.42. The maximum absolute atomic E-state index is 12.6. The summed E-state index contributed by atoms with van der Waals surface area (Å²) < 4.78 is 32.4. The van der Waals surface area contributed by atoms with E-state index >= 15 is 0 Å². The van der Waals surface area contributed by atoms with Gasteiger partial charge in [0.05, 0.1) is 22.7 Å². The number of aryl methyl sites for hydroxylation is 1. The molecule has 0 spiro atoms. The summed E-state index contributed by atoms with van der Waals surface area (Å²) in [6, 6.07) is 9.38. The van der Waals surface area contributed by atoms with Crippen LogP contribution in [0, 0.1) is 6.92 Å². The van der Waals surface area contributed by atoms with Gasteiger partial charge in [-0.1, -0.05) is 17.7 Å². The Morgan fingerprint density at radius 3 is 2.54 bits per heavy atom. The summed E-state index contributed by atoms with van der Waals surface area (Å²) in [5.74, 6) is 0.140. The molecule has 1 aliphatic carbocycles. The lowest BCUT2D eigenvalue weighted by Gasteiger charge is -2.12. The third-order valence-electron chi connectivity index (χ3n) is 4.09. The van der Waals surface area contributed by atoms with E-state index < -0.39 is 15.9 Å². The molecule has 3 rings (SSSR count). The van der Waals surface area contributed by atoms with E-state index in [-0.39, 0.29) is 16.5 Å². The zero-order chi connectivity index (χ0) is 18.9. The van der Waals surface area contributed by atoms with Gasteiger partial charge in [-0.15, -0.1) is 0 Å². The van der Waals surface area contributed by atoms with Crippen LogP contribution in [-0.2, 0) is 10.0 Å². The molecule has 0 atom stereocenters. The van der Waals surface area contributed by atoms with Crippen LogP contribution in [0.25, 0.3) is 0 Å². The Morgan fingerprint density at radius 1 is 1.19 bits per heavy atom. The second kappa shape index (κ2) is 7.26. The SMILES string of the molecule is COc1ccc(NC(=O)c2cc(S(=O)(=O)NC3CC3)ccc2C)c(Cl)c1. The Balaban J connectivity index is 1.86. The van der Waals surface area contributed by atoms with Gasteiger partial charge in [-0.3, -0.25) is 4.79 Å². The van der Waals surface area contributed by atoms with Crippen LogP contribution >= 0.6 is 11.6 Å². The molecule has 1 fully saturated rings. The molecule has 1 amide bonds. The molecule has 0 aliphatic heterocycles. The number of ether oxygens (including phenoxy) is 1. The first-order valence-corrected chi connectivity index (χ1v) is 9.94. The lowest BCUT2D eigenvalue weighted by Crippen LogP contribution is -2.26. The number of carbonyl (C=O) groups excluding carboxylic acids is 1. The van der Waals surface area contributed by atoms with Crippen molar-refractivity contribution in [1.29, 1.82) is 0 Å². The lowest BCUT2D eigenvalue weighted by atomic mass is 10.1. The molecule has 0 unspecified atom stereocenters. The maximum atomic E-state index is 12.6. The number of anilines is 1. The average molecular weight is 395 g/mol. The summed E-state index contributed by atoms with van der Waals surface area (Å²) in [5, 5.41) is 3.04. The quantitative estimate of drug-likeness (QED) is 0.786. The van der Waals surface area contributed by atoms with Crippen molar-refractivity contribution in [2.75, 3.05) is 12.4 Å². The smallest absolute Gasteiger partial charge is 0.256 e. The van der Waals surface area contributed by atoms with Crippen LogP contribution in [0.5, 0.6) is 5.75 Å². The van der Waals surface area contributed by atoms with Crippen LogP contribution < -0.4 is 14.8 Å². The lowest BCUT2D eigenvalue weighted by molar-refractivity contribution is 0.102. The highest BCUT2D eigenvalue weighted by Gasteiger charge is 2.28. The molecule has 0 saturated heterocycles. The number of hydrogen-bond donors (Lipinski definition) is 2. The van der Waals surface area contributed by atoms with Gasteiger partial charge in [0.2, 0.25) is 10.0 Å². The fourth-order valence-corrected chi connectivity index (χ4v) is 3.96. The number of sulfonamides is 1. The largest absolute Gasteiger partial charge is 0.497 e. The molecular weight excluding hydrogens is 376 g/mol. The van der Waals surface area contributed by atoms with E-state index in [2.05, 4.69) is 10.0 Å². The van der Waals surface area contributed by atoms with Gasteiger partial charge < -0.3 is 10.1 Å².